The summed E-state index contributed by atoms with van der Waals surface area (Å²) in [6.07, 6.45) is 0.430. The Morgan fingerprint density at radius 2 is 2.42 bits per heavy atom. The normalized spacial score (nSPS) is 29.4. The van der Waals surface area contributed by atoms with Gasteiger partial charge in [-0.25, -0.2) is 4.39 Å². The van der Waals surface area contributed by atoms with Crippen LogP contribution in [0.3, 0.4) is 0 Å². The number of likely N-dealkylation sites (tertiary alicyclic amines) is 1. The summed E-state index contributed by atoms with van der Waals surface area (Å²) in [5.41, 5.74) is 5.20. The Bertz CT molecular complexity index is 174. The zero-order valence-corrected chi connectivity index (χ0v) is 7.29. The van der Waals surface area contributed by atoms with E-state index < -0.39 is 6.17 Å². The lowest BCUT2D eigenvalue weighted by Gasteiger charge is -2.22. The van der Waals surface area contributed by atoms with Crippen molar-refractivity contribution in [3.8, 4) is 0 Å². The second-order valence-electron chi connectivity index (χ2n) is 3.15. The van der Waals surface area contributed by atoms with Gasteiger partial charge in [-0.15, -0.1) is 0 Å². The number of hydrogen-bond acceptors (Lipinski definition) is 2. The van der Waals surface area contributed by atoms with E-state index in [1.807, 2.05) is 6.92 Å². The average Bonchev–Trinajstić information content (AvgIpc) is 2.45. The molecule has 0 bridgehead atoms. The molecule has 70 valence electrons. The van der Waals surface area contributed by atoms with Crippen molar-refractivity contribution in [3.05, 3.63) is 0 Å². The lowest BCUT2D eigenvalue weighted by Crippen LogP contribution is -2.39. The van der Waals surface area contributed by atoms with Gasteiger partial charge in [0.2, 0.25) is 5.91 Å². The SMILES string of the molecule is CCC1CC(F)CN1C(=O)CN. The third kappa shape index (κ3) is 1.75. The van der Waals surface area contributed by atoms with Gasteiger partial charge in [-0.1, -0.05) is 6.92 Å². The van der Waals surface area contributed by atoms with Crippen LogP contribution in [0.1, 0.15) is 19.8 Å². The summed E-state index contributed by atoms with van der Waals surface area (Å²) in [6, 6.07) is 0.0658. The van der Waals surface area contributed by atoms with E-state index in [2.05, 4.69) is 0 Å². The first-order valence-corrected chi connectivity index (χ1v) is 4.32. The number of nitrogens with zero attached hydrogens (tertiary/aromatic N) is 1. The minimum absolute atomic E-state index is 0.0107. The van der Waals surface area contributed by atoms with Crippen LogP contribution in [0.2, 0.25) is 0 Å². The Morgan fingerprint density at radius 3 is 2.92 bits per heavy atom. The molecule has 1 fully saturated rings. The van der Waals surface area contributed by atoms with Crippen LogP contribution in [0.4, 0.5) is 4.39 Å². The monoisotopic (exact) mass is 174 g/mol. The summed E-state index contributed by atoms with van der Waals surface area (Å²) in [4.78, 5) is 12.7. The number of nitrogens with two attached hydrogens (primary N) is 1. The van der Waals surface area contributed by atoms with Crippen LogP contribution in [0, 0.1) is 0 Å². The molecule has 1 saturated heterocycles. The molecule has 3 nitrogen and oxygen atoms in total. The molecule has 2 unspecified atom stereocenters. The van der Waals surface area contributed by atoms with Gasteiger partial charge in [-0.05, 0) is 6.42 Å². The molecule has 1 rings (SSSR count). The largest absolute Gasteiger partial charge is 0.336 e. The Hall–Kier alpha value is -0.640. The van der Waals surface area contributed by atoms with Gasteiger partial charge in [-0.2, -0.15) is 0 Å². The highest BCUT2D eigenvalue weighted by molar-refractivity contribution is 5.78. The van der Waals surface area contributed by atoms with E-state index in [-0.39, 0.29) is 25.0 Å². The maximum absolute atomic E-state index is 12.9. The highest BCUT2D eigenvalue weighted by Crippen LogP contribution is 2.22. The Morgan fingerprint density at radius 1 is 1.75 bits per heavy atom. The van der Waals surface area contributed by atoms with E-state index in [4.69, 9.17) is 5.73 Å². The van der Waals surface area contributed by atoms with Crippen molar-refractivity contribution in [2.45, 2.75) is 32.0 Å². The molecule has 0 aliphatic carbocycles. The smallest absolute Gasteiger partial charge is 0.236 e. The van der Waals surface area contributed by atoms with E-state index in [0.29, 0.717) is 6.42 Å². The van der Waals surface area contributed by atoms with Gasteiger partial charge in [0.15, 0.2) is 0 Å². The molecule has 1 amide bonds. The van der Waals surface area contributed by atoms with Gasteiger partial charge >= 0.3 is 0 Å². The molecule has 2 atom stereocenters. The first-order chi connectivity index (χ1) is 5.69. The van der Waals surface area contributed by atoms with Gasteiger partial charge in [0, 0.05) is 12.5 Å². The first kappa shape index (κ1) is 9.45. The number of carbonyl (C=O) groups excluding carboxylic acids is 1. The summed E-state index contributed by atoms with van der Waals surface area (Å²) in [5.74, 6) is -0.137. The predicted molar refractivity (Wildman–Crippen MR) is 44.4 cm³/mol. The van der Waals surface area contributed by atoms with E-state index in [0.717, 1.165) is 6.42 Å². The van der Waals surface area contributed by atoms with Crippen molar-refractivity contribution in [2.24, 2.45) is 5.73 Å². The number of hydrogen-bond donors (Lipinski definition) is 1. The van der Waals surface area contributed by atoms with Crippen molar-refractivity contribution in [3.63, 3.8) is 0 Å². The molecule has 1 aliphatic rings. The number of amides is 1. The maximum Gasteiger partial charge on any atom is 0.236 e. The molecule has 2 N–H and O–H groups in total. The summed E-state index contributed by atoms with van der Waals surface area (Å²) in [7, 11) is 0. The molecule has 0 aromatic heterocycles. The quantitative estimate of drug-likeness (QED) is 0.654. The lowest BCUT2D eigenvalue weighted by molar-refractivity contribution is -0.130. The molecule has 1 aliphatic heterocycles. The molecular weight excluding hydrogens is 159 g/mol. The predicted octanol–water partition coefficient (Wildman–Crippen LogP) is 0.294. The van der Waals surface area contributed by atoms with Gasteiger partial charge in [-0.3, -0.25) is 4.79 Å². The number of halogens is 1. The zero-order chi connectivity index (χ0) is 9.14. The fourth-order valence-corrected chi connectivity index (χ4v) is 1.67. The molecular formula is C8H15FN2O. The second kappa shape index (κ2) is 3.85. The van der Waals surface area contributed by atoms with Gasteiger partial charge in [0.05, 0.1) is 13.1 Å². The van der Waals surface area contributed by atoms with Crippen LogP contribution in [-0.2, 0) is 4.79 Å². The lowest BCUT2D eigenvalue weighted by atomic mass is 10.1. The van der Waals surface area contributed by atoms with Crippen molar-refractivity contribution in [1.82, 2.24) is 4.90 Å². The molecule has 0 saturated carbocycles. The van der Waals surface area contributed by atoms with Crippen LogP contribution >= 0.6 is 0 Å². The zero-order valence-electron chi connectivity index (χ0n) is 7.29. The third-order valence-electron chi connectivity index (χ3n) is 2.33. The number of carbonyl (C=O) groups is 1. The van der Waals surface area contributed by atoms with Crippen molar-refractivity contribution < 1.29 is 9.18 Å². The maximum atomic E-state index is 12.9. The summed E-state index contributed by atoms with van der Waals surface area (Å²) in [5, 5.41) is 0. The fraction of sp³-hybridized carbons (Fsp3) is 0.875. The van der Waals surface area contributed by atoms with Crippen LogP contribution in [0.25, 0.3) is 0 Å². The van der Waals surface area contributed by atoms with Crippen LogP contribution < -0.4 is 5.73 Å². The summed E-state index contributed by atoms with van der Waals surface area (Å²) >= 11 is 0. The Labute approximate surface area is 71.7 Å². The highest BCUT2D eigenvalue weighted by atomic mass is 19.1. The van der Waals surface area contributed by atoms with Crippen LogP contribution in [0.15, 0.2) is 0 Å². The minimum atomic E-state index is -0.856. The van der Waals surface area contributed by atoms with Crippen LogP contribution in [0.5, 0.6) is 0 Å². The van der Waals surface area contributed by atoms with Crippen molar-refractivity contribution in [2.75, 3.05) is 13.1 Å². The first-order valence-electron chi connectivity index (χ1n) is 4.32. The van der Waals surface area contributed by atoms with Crippen molar-refractivity contribution >= 4 is 5.91 Å². The molecule has 0 aromatic carbocycles. The van der Waals surface area contributed by atoms with Gasteiger partial charge < -0.3 is 10.6 Å². The molecule has 0 spiro atoms. The molecule has 12 heavy (non-hydrogen) atoms. The standard InChI is InChI=1S/C8H15FN2O/c1-2-7-3-6(9)5-11(7)8(12)4-10/h6-7H,2-5,10H2,1H3. The Balaban J connectivity index is 2.57. The second-order valence-corrected chi connectivity index (χ2v) is 3.15. The summed E-state index contributed by atoms with van der Waals surface area (Å²) in [6.45, 7) is 2.18. The average molecular weight is 174 g/mol. The third-order valence-corrected chi connectivity index (χ3v) is 2.33. The van der Waals surface area contributed by atoms with E-state index in [1.165, 1.54) is 0 Å². The topological polar surface area (TPSA) is 46.3 Å². The molecule has 0 radical (unpaired) electrons. The molecule has 0 aromatic rings. The molecule has 1 heterocycles. The molecule has 4 heteroatoms. The van der Waals surface area contributed by atoms with Gasteiger partial charge in [0.1, 0.15) is 6.17 Å². The van der Waals surface area contributed by atoms with E-state index in [9.17, 15) is 9.18 Å². The number of alkyl halides is 1. The van der Waals surface area contributed by atoms with E-state index >= 15 is 0 Å². The fourth-order valence-electron chi connectivity index (χ4n) is 1.67. The van der Waals surface area contributed by atoms with Crippen molar-refractivity contribution in [1.29, 1.82) is 0 Å². The minimum Gasteiger partial charge on any atom is -0.336 e. The van der Waals surface area contributed by atoms with E-state index in [1.54, 1.807) is 4.90 Å². The highest BCUT2D eigenvalue weighted by Gasteiger charge is 2.33. The Kier molecular flexibility index (Phi) is 3.03. The summed E-state index contributed by atoms with van der Waals surface area (Å²) < 4.78 is 12.9. The van der Waals surface area contributed by atoms with Crippen LogP contribution in [-0.4, -0.2) is 36.1 Å². The number of rotatable bonds is 2. The van der Waals surface area contributed by atoms with Gasteiger partial charge in [0.25, 0.3) is 0 Å².